The number of aromatic nitrogens is 2. The summed E-state index contributed by atoms with van der Waals surface area (Å²) in [6, 6.07) is 14.2. The van der Waals surface area contributed by atoms with Crippen LogP contribution in [0.1, 0.15) is 11.1 Å². The van der Waals surface area contributed by atoms with Crippen LogP contribution in [-0.2, 0) is 11.2 Å². The van der Waals surface area contributed by atoms with Gasteiger partial charge in [-0.05, 0) is 36.3 Å². The van der Waals surface area contributed by atoms with Crippen molar-refractivity contribution in [2.24, 2.45) is 0 Å². The number of ketones is 1. The van der Waals surface area contributed by atoms with E-state index in [0.717, 1.165) is 27.7 Å². The predicted molar refractivity (Wildman–Crippen MR) is 85.2 cm³/mol. The molecular formula is C18H16N2O. The molecule has 0 saturated carbocycles. The maximum atomic E-state index is 11.5. The van der Waals surface area contributed by atoms with E-state index in [0.29, 0.717) is 6.42 Å². The Bertz CT molecular complexity index is 830. The summed E-state index contributed by atoms with van der Waals surface area (Å²) in [5.74, 6) is 0.0228. The Morgan fingerprint density at radius 3 is 2.95 bits per heavy atom. The molecule has 0 aliphatic carbocycles. The summed E-state index contributed by atoms with van der Waals surface area (Å²) in [7, 11) is 0. The van der Waals surface area contributed by atoms with Gasteiger partial charge in [0.05, 0.1) is 11.2 Å². The van der Waals surface area contributed by atoms with Crippen LogP contribution in [0, 0.1) is 6.92 Å². The Balaban J connectivity index is 2.04. The minimum Gasteiger partial charge on any atom is -0.295 e. The zero-order valence-corrected chi connectivity index (χ0v) is 11.9. The molecule has 3 heteroatoms. The number of aryl methyl sites for hydroxylation is 1. The van der Waals surface area contributed by atoms with E-state index in [-0.39, 0.29) is 5.78 Å². The number of fused-ring (bicyclic) bond motifs is 1. The van der Waals surface area contributed by atoms with Gasteiger partial charge in [-0.2, -0.15) is 5.10 Å². The molecule has 1 aromatic heterocycles. The number of hydrogen-bond donors (Lipinski definition) is 1. The molecule has 0 aliphatic heterocycles. The van der Waals surface area contributed by atoms with Crippen molar-refractivity contribution in [3.63, 3.8) is 0 Å². The Labute approximate surface area is 123 Å². The highest BCUT2D eigenvalue weighted by Crippen LogP contribution is 2.27. The lowest BCUT2D eigenvalue weighted by atomic mass is 10.0. The van der Waals surface area contributed by atoms with Crippen LogP contribution in [-0.4, -0.2) is 16.0 Å². The van der Waals surface area contributed by atoms with Gasteiger partial charge in [-0.1, -0.05) is 36.9 Å². The summed E-state index contributed by atoms with van der Waals surface area (Å²) < 4.78 is 0. The van der Waals surface area contributed by atoms with E-state index in [1.165, 1.54) is 11.6 Å². The van der Waals surface area contributed by atoms with Crippen LogP contribution >= 0.6 is 0 Å². The summed E-state index contributed by atoms with van der Waals surface area (Å²) in [5.41, 5.74) is 5.12. The Hall–Kier alpha value is -2.68. The van der Waals surface area contributed by atoms with Crippen LogP contribution in [0.25, 0.3) is 22.2 Å². The molecule has 0 spiro atoms. The second kappa shape index (κ2) is 5.37. The second-order valence-corrected chi connectivity index (χ2v) is 5.17. The smallest absolute Gasteiger partial charge is 0.159 e. The van der Waals surface area contributed by atoms with E-state index in [4.69, 9.17) is 0 Å². The fourth-order valence-corrected chi connectivity index (χ4v) is 2.46. The minimum atomic E-state index is 0.0228. The van der Waals surface area contributed by atoms with Gasteiger partial charge in [0.15, 0.2) is 5.78 Å². The molecule has 0 unspecified atom stereocenters. The van der Waals surface area contributed by atoms with Crippen LogP contribution in [0.15, 0.2) is 55.1 Å². The van der Waals surface area contributed by atoms with Crippen molar-refractivity contribution in [2.45, 2.75) is 13.3 Å². The van der Waals surface area contributed by atoms with Crippen molar-refractivity contribution in [2.75, 3.05) is 0 Å². The standard InChI is InChI=1S/C18H16N2O/c1-3-15(21)11-13-5-4-6-14(10-13)18-16-8-7-12(2)9-17(16)19-20-18/h3-10H,1,11H2,2H3,(H,19,20). The van der Waals surface area contributed by atoms with Crippen molar-refractivity contribution < 1.29 is 4.79 Å². The molecule has 2 aromatic carbocycles. The molecule has 0 aliphatic rings. The number of allylic oxidation sites excluding steroid dienone is 1. The fraction of sp³-hybridized carbons (Fsp3) is 0.111. The molecule has 0 amide bonds. The second-order valence-electron chi connectivity index (χ2n) is 5.17. The Morgan fingerprint density at radius 1 is 1.29 bits per heavy atom. The Kier molecular flexibility index (Phi) is 3.40. The molecular weight excluding hydrogens is 260 g/mol. The van der Waals surface area contributed by atoms with Gasteiger partial charge in [0.1, 0.15) is 0 Å². The number of carbonyl (C=O) groups excluding carboxylic acids is 1. The van der Waals surface area contributed by atoms with Crippen molar-refractivity contribution in [1.82, 2.24) is 10.2 Å². The summed E-state index contributed by atoms with van der Waals surface area (Å²) in [6.07, 6.45) is 1.73. The predicted octanol–water partition coefficient (Wildman–Crippen LogP) is 3.84. The number of rotatable bonds is 4. The van der Waals surface area contributed by atoms with Crippen molar-refractivity contribution in [3.05, 3.63) is 66.2 Å². The van der Waals surface area contributed by atoms with Crippen LogP contribution in [0.4, 0.5) is 0 Å². The normalized spacial score (nSPS) is 10.7. The average Bonchev–Trinajstić information content (AvgIpc) is 2.90. The lowest BCUT2D eigenvalue weighted by Crippen LogP contribution is -1.97. The van der Waals surface area contributed by atoms with Gasteiger partial charge in [0, 0.05) is 17.4 Å². The summed E-state index contributed by atoms with van der Waals surface area (Å²) in [4.78, 5) is 11.5. The molecule has 0 atom stereocenters. The lowest BCUT2D eigenvalue weighted by molar-refractivity contribution is -0.114. The van der Waals surface area contributed by atoms with E-state index in [2.05, 4.69) is 41.9 Å². The number of aromatic amines is 1. The number of benzene rings is 2. The molecule has 0 bridgehead atoms. The highest BCUT2D eigenvalue weighted by atomic mass is 16.1. The monoisotopic (exact) mass is 276 g/mol. The molecule has 3 rings (SSSR count). The molecule has 0 radical (unpaired) electrons. The molecule has 1 N–H and O–H groups in total. The molecule has 3 aromatic rings. The summed E-state index contributed by atoms with van der Waals surface area (Å²) in [5, 5.41) is 8.57. The molecule has 104 valence electrons. The van der Waals surface area contributed by atoms with Gasteiger partial charge in [0.2, 0.25) is 0 Å². The maximum Gasteiger partial charge on any atom is 0.159 e. The summed E-state index contributed by atoms with van der Waals surface area (Å²) >= 11 is 0. The van der Waals surface area contributed by atoms with E-state index < -0.39 is 0 Å². The Morgan fingerprint density at radius 2 is 2.14 bits per heavy atom. The maximum absolute atomic E-state index is 11.5. The molecule has 1 heterocycles. The third-order valence-corrected chi connectivity index (χ3v) is 3.52. The number of nitrogens with one attached hydrogen (secondary N) is 1. The van der Waals surface area contributed by atoms with Crippen molar-refractivity contribution >= 4 is 16.7 Å². The SMILES string of the molecule is C=CC(=O)Cc1cccc(-c2n[nH]c3cc(C)ccc23)c1. The molecule has 0 saturated heterocycles. The van der Waals surface area contributed by atoms with Crippen LogP contribution in [0.5, 0.6) is 0 Å². The van der Waals surface area contributed by atoms with Gasteiger partial charge in [-0.3, -0.25) is 9.89 Å². The zero-order chi connectivity index (χ0) is 14.8. The number of H-pyrrole nitrogens is 1. The third-order valence-electron chi connectivity index (χ3n) is 3.52. The largest absolute Gasteiger partial charge is 0.295 e. The average molecular weight is 276 g/mol. The highest BCUT2D eigenvalue weighted by molar-refractivity contribution is 5.94. The van der Waals surface area contributed by atoms with Gasteiger partial charge in [0.25, 0.3) is 0 Å². The first kappa shape index (κ1) is 13.3. The van der Waals surface area contributed by atoms with Crippen LogP contribution < -0.4 is 0 Å². The number of nitrogens with zero attached hydrogens (tertiary/aromatic N) is 1. The van der Waals surface area contributed by atoms with Gasteiger partial charge < -0.3 is 0 Å². The number of hydrogen-bond acceptors (Lipinski definition) is 2. The molecule has 3 nitrogen and oxygen atoms in total. The van der Waals surface area contributed by atoms with Crippen molar-refractivity contribution in [1.29, 1.82) is 0 Å². The van der Waals surface area contributed by atoms with E-state index >= 15 is 0 Å². The van der Waals surface area contributed by atoms with Gasteiger partial charge in [-0.25, -0.2) is 0 Å². The van der Waals surface area contributed by atoms with E-state index in [9.17, 15) is 4.79 Å². The quantitative estimate of drug-likeness (QED) is 0.736. The van der Waals surface area contributed by atoms with Crippen LogP contribution in [0.2, 0.25) is 0 Å². The zero-order valence-electron chi connectivity index (χ0n) is 11.9. The van der Waals surface area contributed by atoms with Gasteiger partial charge in [-0.15, -0.1) is 0 Å². The topological polar surface area (TPSA) is 45.8 Å². The van der Waals surface area contributed by atoms with Crippen LogP contribution in [0.3, 0.4) is 0 Å². The van der Waals surface area contributed by atoms with Crippen molar-refractivity contribution in [3.8, 4) is 11.3 Å². The minimum absolute atomic E-state index is 0.0228. The molecule has 0 fully saturated rings. The lowest BCUT2D eigenvalue weighted by Gasteiger charge is -2.02. The van der Waals surface area contributed by atoms with Gasteiger partial charge >= 0.3 is 0 Å². The first-order valence-electron chi connectivity index (χ1n) is 6.86. The van der Waals surface area contributed by atoms with E-state index in [1.807, 2.05) is 24.3 Å². The summed E-state index contributed by atoms with van der Waals surface area (Å²) in [6.45, 7) is 5.57. The first-order chi connectivity index (χ1) is 10.2. The number of carbonyl (C=O) groups is 1. The highest BCUT2D eigenvalue weighted by Gasteiger charge is 2.09. The third kappa shape index (κ3) is 2.63. The first-order valence-corrected chi connectivity index (χ1v) is 6.86. The van der Waals surface area contributed by atoms with E-state index in [1.54, 1.807) is 0 Å². The fourth-order valence-electron chi connectivity index (χ4n) is 2.46. The molecule has 21 heavy (non-hydrogen) atoms.